The summed E-state index contributed by atoms with van der Waals surface area (Å²) in [6.45, 7) is 7.42. The number of benzene rings is 1. The van der Waals surface area contributed by atoms with Gasteiger partial charge in [0.05, 0.1) is 13.5 Å². The summed E-state index contributed by atoms with van der Waals surface area (Å²) >= 11 is 0. The van der Waals surface area contributed by atoms with E-state index in [4.69, 9.17) is 4.74 Å². The van der Waals surface area contributed by atoms with Gasteiger partial charge in [-0.15, -0.1) is 6.58 Å². The van der Waals surface area contributed by atoms with E-state index in [1.165, 1.54) is 7.11 Å². The molecule has 2 atom stereocenters. The summed E-state index contributed by atoms with van der Waals surface area (Å²) in [6, 6.07) is 7.11. The first-order valence-corrected chi connectivity index (χ1v) is 7.53. The summed E-state index contributed by atoms with van der Waals surface area (Å²) in [5.41, 5.74) is 2.89. The second kappa shape index (κ2) is 7.13. The van der Waals surface area contributed by atoms with Gasteiger partial charge >= 0.3 is 5.97 Å². The molecule has 0 saturated heterocycles. The number of carbonyl (C=O) groups excluding carboxylic acids is 2. The highest BCUT2D eigenvalue weighted by Crippen LogP contribution is 2.22. The summed E-state index contributed by atoms with van der Waals surface area (Å²) in [5, 5.41) is 3.77. The molecule has 0 aliphatic carbocycles. The maximum absolute atomic E-state index is 12.4. The molecule has 0 saturated carbocycles. The molecular formula is C18H22N2O3. The smallest absolute Gasteiger partial charge is 0.328 e. The molecular weight excluding hydrogens is 292 g/mol. The van der Waals surface area contributed by atoms with Crippen molar-refractivity contribution in [3.8, 4) is 0 Å². The molecule has 0 fully saturated rings. The predicted octanol–water partition coefficient (Wildman–Crippen LogP) is 2.50. The molecule has 0 unspecified atom stereocenters. The van der Waals surface area contributed by atoms with Crippen LogP contribution in [-0.2, 0) is 20.7 Å². The summed E-state index contributed by atoms with van der Waals surface area (Å²) in [5.74, 6) is -0.904. The fourth-order valence-corrected chi connectivity index (χ4v) is 2.62. The molecule has 5 nitrogen and oxygen atoms in total. The van der Waals surface area contributed by atoms with E-state index < -0.39 is 12.0 Å². The van der Waals surface area contributed by atoms with Crippen LogP contribution < -0.4 is 5.32 Å². The number of H-pyrrole nitrogens is 1. The number of amides is 1. The van der Waals surface area contributed by atoms with E-state index in [9.17, 15) is 9.59 Å². The van der Waals surface area contributed by atoms with Gasteiger partial charge < -0.3 is 15.0 Å². The Kier molecular flexibility index (Phi) is 5.21. The largest absolute Gasteiger partial charge is 0.467 e. The minimum atomic E-state index is -0.726. The molecule has 5 heteroatoms. The lowest BCUT2D eigenvalue weighted by Gasteiger charge is -2.20. The van der Waals surface area contributed by atoms with E-state index in [1.807, 2.05) is 38.1 Å². The average Bonchev–Trinajstić information content (AvgIpc) is 2.87. The fraction of sp³-hybridized carbons (Fsp3) is 0.333. The zero-order valence-electron chi connectivity index (χ0n) is 13.7. The molecule has 0 aliphatic heterocycles. The van der Waals surface area contributed by atoms with E-state index in [-0.39, 0.29) is 18.2 Å². The lowest BCUT2D eigenvalue weighted by molar-refractivity contribution is -0.146. The Morgan fingerprint density at radius 2 is 2.09 bits per heavy atom. The summed E-state index contributed by atoms with van der Waals surface area (Å²) < 4.78 is 4.76. The number of aromatic amines is 1. The van der Waals surface area contributed by atoms with Crippen LogP contribution >= 0.6 is 0 Å². The van der Waals surface area contributed by atoms with Crippen molar-refractivity contribution in [3.63, 3.8) is 0 Å². The van der Waals surface area contributed by atoms with Crippen molar-refractivity contribution in [2.45, 2.75) is 26.3 Å². The molecule has 1 amide bonds. The molecule has 1 aromatic carbocycles. The predicted molar refractivity (Wildman–Crippen MR) is 90.0 cm³/mol. The Hall–Kier alpha value is -2.56. The Morgan fingerprint density at radius 1 is 1.39 bits per heavy atom. The van der Waals surface area contributed by atoms with E-state index in [2.05, 4.69) is 16.9 Å². The summed E-state index contributed by atoms with van der Waals surface area (Å²) in [4.78, 5) is 27.5. The van der Waals surface area contributed by atoms with Gasteiger partial charge in [-0.25, -0.2) is 4.79 Å². The van der Waals surface area contributed by atoms with Crippen molar-refractivity contribution in [1.29, 1.82) is 0 Å². The third-order valence-electron chi connectivity index (χ3n) is 4.03. The van der Waals surface area contributed by atoms with E-state index in [0.29, 0.717) is 0 Å². The second-order valence-electron chi connectivity index (χ2n) is 5.61. The highest BCUT2D eigenvalue weighted by molar-refractivity contribution is 5.91. The highest BCUT2D eigenvalue weighted by atomic mass is 16.5. The second-order valence-corrected chi connectivity index (χ2v) is 5.61. The quantitative estimate of drug-likeness (QED) is 0.636. The number of methoxy groups -OCH3 is 1. The number of fused-ring (bicyclic) bond motifs is 1. The van der Waals surface area contributed by atoms with Crippen LogP contribution in [0.3, 0.4) is 0 Å². The molecule has 122 valence electrons. The molecule has 0 bridgehead atoms. The number of aromatic nitrogens is 1. The van der Waals surface area contributed by atoms with Crippen molar-refractivity contribution >= 4 is 22.8 Å². The molecule has 23 heavy (non-hydrogen) atoms. The van der Waals surface area contributed by atoms with Gasteiger partial charge in [-0.2, -0.15) is 0 Å². The standard InChI is InChI=1S/C18H22N2O3/c1-5-11(2)17(18(22)23-4)20-16(21)10-14-12(3)19-15-9-7-6-8-13(14)15/h5-9,11,17,19H,1,10H2,2-4H3,(H,20,21)/t11-,17-/m0/s1. The van der Waals surface area contributed by atoms with Gasteiger partial charge in [-0.05, 0) is 18.6 Å². The number of nitrogens with one attached hydrogen (secondary N) is 2. The first-order valence-electron chi connectivity index (χ1n) is 7.53. The SMILES string of the molecule is C=C[C@H](C)[C@H](NC(=O)Cc1c(C)[nH]c2ccccc12)C(=O)OC. The molecule has 0 aliphatic rings. The van der Waals surface area contributed by atoms with Crippen LogP contribution in [0.2, 0.25) is 0 Å². The molecule has 0 spiro atoms. The maximum Gasteiger partial charge on any atom is 0.328 e. The number of para-hydroxylation sites is 1. The van der Waals surface area contributed by atoms with E-state index >= 15 is 0 Å². The summed E-state index contributed by atoms with van der Waals surface area (Å²) in [7, 11) is 1.31. The van der Waals surface area contributed by atoms with Crippen molar-refractivity contribution in [3.05, 3.63) is 48.2 Å². The maximum atomic E-state index is 12.4. The molecule has 0 radical (unpaired) electrons. The van der Waals surface area contributed by atoms with Gasteiger partial charge in [0.2, 0.25) is 5.91 Å². The Bertz CT molecular complexity index is 733. The van der Waals surface area contributed by atoms with Crippen molar-refractivity contribution in [1.82, 2.24) is 10.3 Å². The van der Waals surface area contributed by atoms with Crippen LogP contribution in [0.15, 0.2) is 36.9 Å². The van der Waals surface area contributed by atoms with Crippen LogP contribution in [-0.4, -0.2) is 30.0 Å². The van der Waals surface area contributed by atoms with Crippen LogP contribution in [0.25, 0.3) is 10.9 Å². The first-order chi connectivity index (χ1) is 11.0. The monoisotopic (exact) mass is 314 g/mol. The molecule has 2 aromatic rings. The molecule has 1 heterocycles. The zero-order chi connectivity index (χ0) is 17.0. The fourth-order valence-electron chi connectivity index (χ4n) is 2.62. The third-order valence-corrected chi connectivity index (χ3v) is 4.03. The Labute approximate surface area is 135 Å². The number of carbonyl (C=O) groups is 2. The van der Waals surface area contributed by atoms with Crippen molar-refractivity contribution in [2.24, 2.45) is 5.92 Å². The Balaban J connectivity index is 2.18. The van der Waals surface area contributed by atoms with Gasteiger partial charge in [0.1, 0.15) is 6.04 Å². The van der Waals surface area contributed by atoms with Crippen molar-refractivity contribution in [2.75, 3.05) is 7.11 Å². The minimum Gasteiger partial charge on any atom is -0.467 e. The lowest BCUT2D eigenvalue weighted by Crippen LogP contribution is -2.45. The van der Waals surface area contributed by atoms with Gasteiger partial charge in [0.25, 0.3) is 0 Å². The van der Waals surface area contributed by atoms with Gasteiger partial charge in [-0.1, -0.05) is 31.2 Å². The third kappa shape index (κ3) is 3.62. The van der Waals surface area contributed by atoms with E-state index in [0.717, 1.165) is 22.2 Å². The van der Waals surface area contributed by atoms with Gasteiger partial charge in [-0.3, -0.25) is 4.79 Å². The van der Waals surface area contributed by atoms with Crippen LogP contribution in [0.4, 0.5) is 0 Å². The first kappa shape index (κ1) is 16.8. The van der Waals surface area contributed by atoms with Crippen LogP contribution in [0.5, 0.6) is 0 Å². The number of esters is 1. The number of ether oxygens (including phenoxy) is 1. The van der Waals surface area contributed by atoms with Crippen molar-refractivity contribution < 1.29 is 14.3 Å². The van der Waals surface area contributed by atoms with E-state index in [1.54, 1.807) is 6.08 Å². The molecule has 2 N–H and O–H groups in total. The average molecular weight is 314 g/mol. The Morgan fingerprint density at radius 3 is 2.74 bits per heavy atom. The van der Waals surface area contributed by atoms with Gasteiger partial charge in [0.15, 0.2) is 0 Å². The number of rotatable bonds is 6. The molecule has 1 aromatic heterocycles. The summed E-state index contributed by atoms with van der Waals surface area (Å²) in [6.07, 6.45) is 1.83. The minimum absolute atomic E-state index is 0.202. The lowest BCUT2D eigenvalue weighted by atomic mass is 10.0. The highest BCUT2D eigenvalue weighted by Gasteiger charge is 2.26. The zero-order valence-corrected chi connectivity index (χ0v) is 13.7. The van der Waals surface area contributed by atoms with Gasteiger partial charge in [0, 0.05) is 22.5 Å². The molecule has 2 rings (SSSR count). The number of aryl methyl sites for hydroxylation is 1. The normalized spacial score (nSPS) is 13.3. The van der Waals surface area contributed by atoms with Crippen LogP contribution in [0, 0.1) is 12.8 Å². The topological polar surface area (TPSA) is 71.2 Å². The number of hydrogen-bond donors (Lipinski definition) is 2. The number of hydrogen-bond acceptors (Lipinski definition) is 3. The van der Waals surface area contributed by atoms with Crippen LogP contribution in [0.1, 0.15) is 18.2 Å².